The van der Waals surface area contributed by atoms with Crippen molar-refractivity contribution >= 4 is 16.7 Å². The van der Waals surface area contributed by atoms with Crippen molar-refractivity contribution in [3.8, 4) is 0 Å². The van der Waals surface area contributed by atoms with Gasteiger partial charge in [-0.05, 0) is 23.8 Å². The van der Waals surface area contributed by atoms with Gasteiger partial charge in [-0.3, -0.25) is 14.5 Å². The van der Waals surface area contributed by atoms with E-state index in [0.717, 1.165) is 17.7 Å². The van der Waals surface area contributed by atoms with Crippen LogP contribution in [-0.4, -0.2) is 51.7 Å². The molecule has 0 atom stereocenters. The maximum atomic E-state index is 13.1. The van der Waals surface area contributed by atoms with Crippen molar-refractivity contribution in [3.63, 3.8) is 0 Å². The van der Waals surface area contributed by atoms with Crippen molar-refractivity contribution in [1.29, 1.82) is 0 Å². The summed E-state index contributed by atoms with van der Waals surface area (Å²) in [7, 11) is 1.52. The predicted molar refractivity (Wildman–Crippen MR) is 110 cm³/mol. The van der Waals surface area contributed by atoms with Gasteiger partial charge in [0.1, 0.15) is 0 Å². The van der Waals surface area contributed by atoms with Crippen LogP contribution in [0, 0.1) is 0 Å². The molecule has 1 aliphatic heterocycles. The Morgan fingerprint density at radius 3 is 2.19 bits per heavy atom. The van der Waals surface area contributed by atoms with Crippen LogP contribution in [0.25, 0.3) is 10.8 Å². The van der Waals surface area contributed by atoms with E-state index in [1.807, 2.05) is 0 Å². The van der Waals surface area contributed by atoms with E-state index in [1.54, 1.807) is 29.2 Å². The molecule has 31 heavy (non-hydrogen) atoms. The van der Waals surface area contributed by atoms with Gasteiger partial charge in [0.25, 0.3) is 11.5 Å². The smallest absolute Gasteiger partial charge is 0.335 e. The summed E-state index contributed by atoms with van der Waals surface area (Å²) in [6, 6.07) is 12.1. The van der Waals surface area contributed by atoms with E-state index in [2.05, 4.69) is 10.00 Å². The summed E-state index contributed by atoms with van der Waals surface area (Å²) in [4.78, 5) is 29.2. The minimum Gasteiger partial charge on any atom is -0.335 e. The van der Waals surface area contributed by atoms with Crippen molar-refractivity contribution in [2.24, 2.45) is 7.05 Å². The Kier molecular flexibility index (Phi) is 5.53. The fourth-order valence-corrected chi connectivity index (χ4v) is 3.77. The summed E-state index contributed by atoms with van der Waals surface area (Å²) in [5, 5.41) is 5.18. The highest BCUT2D eigenvalue weighted by molar-refractivity contribution is 6.04. The van der Waals surface area contributed by atoms with Crippen molar-refractivity contribution in [2.45, 2.75) is 12.7 Å². The number of amides is 1. The number of hydrogen-bond donors (Lipinski definition) is 0. The first-order chi connectivity index (χ1) is 14.7. The summed E-state index contributed by atoms with van der Waals surface area (Å²) in [6.45, 7) is 2.64. The quantitative estimate of drug-likeness (QED) is 0.641. The molecule has 0 bridgehead atoms. The van der Waals surface area contributed by atoms with Crippen molar-refractivity contribution in [3.05, 3.63) is 75.7 Å². The van der Waals surface area contributed by atoms with Gasteiger partial charge in [-0.2, -0.15) is 18.3 Å². The molecule has 2 heterocycles. The number of aromatic nitrogens is 2. The molecule has 1 aliphatic rings. The van der Waals surface area contributed by atoms with Crippen LogP contribution in [0.1, 0.15) is 21.6 Å². The number of alkyl halides is 3. The van der Waals surface area contributed by atoms with Gasteiger partial charge in [0.05, 0.1) is 10.9 Å². The molecule has 2 aromatic carbocycles. The molecule has 1 saturated heterocycles. The topological polar surface area (TPSA) is 58.4 Å². The Bertz CT molecular complexity index is 1160. The summed E-state index contributed by atoms with van der Waals surface area (Å²) < 4.78 is 39.3. The largest absolute Gasteiger partial charge is 0.416 e. The van der Waals surface area contributed by atoms with Crippen LogP contribution in [0.15, 0.2) is 53.3 Å². The Morgan fingerprint density at radius 2 is 1.58 bits per heavy atom. The van der Waals surface area contributed by atoms with Gasteiger partial charge in [0.15, 0.2) is 5.69 Å². The Hall–Kier alpha value is -3.20. The van der Waals surface area contributed by atoms with E-state index in [-0.39, 0.29) is 17.2 Å². The zero-order valence-electron chi connectivity index (χ0n) is 16.9. The molecule has 1 fully saturated rings. The van der Waals surface area contributed by atoms with Gasteiger partial charge in [0, 0.05) is 45.2 Å². The third-order valence-corrected chi connectivity index (χ3v) is 5.51. The molecule has 6 nitrogen and oxygen atoms in total. The number of halogens is 3. The molecule has 0 spiro atoms. The van der Waals surface area contributed by atoms with Crippen LogP contribution in [0.3, 0.4) is 0 Å². The van der Waals surface area contributed by atoms with Crippen molar-refractivity contribution in [1.82, 2.24) is 19.6 Å². The normalized spacial score (nSPS) is 15.4. The third kappa shape index (κ3) is 4.32. The van der Waals surface area contributed by atoms with Crippen LogP contribution >= 0.6 is 0 Å². The zero-order chi connectivity index (χ0) is 22.2. The number of piperazine rings is 1. The number of hydrogen-bond acceptors (Lipinski definition) is 4. The van der Waals surface area contributed by atoms with Crippen LogP contribution < -0.4 is 5.56 Å². The van der Waals surface area contributed by atoms with Crippen molar-refractivity contribution in [2.75, 3.05) is 26.2 Å². The summed E-state index contributed by atoms with van der Waals surface area (Å²) in [5.41, 5.74) is 0.115. The molecule has 0 aliphatic carbocycles. The zero-order valence-corrected chi connectivity index (χ0v) is 16.9. The molecule has 3 aromatic rings. The molecule has 0 unspecified atom stereocenters. The molecule has 1 aromatic heterocycles. The van der Waals surface area contributed by atoms with Gasteiger partial charge in [-0.1, -0.05) is 30.3 Å². The Morgan fingerprint density at radius 1 is 0.968 bits per heavy atom. The monoisotopic (exact) mass is 430 g/mol. The summed E-state index contributed by atoms with van der Waals surface area (Å²) >= 11 is 0. The number of fused-ring (bicyclic) bond motifs is 1. The first-order valence-electron chi connectivity index (χ1n) is 9.88. The molecule has 0 radical (unpaired) electrons. The SMILES string of the molecule is Cn1nc(C(=O)N2CCN(Cc3ccc(C(F)(F)F)cc3)CC2)c2ccccc2c1=O. The standard InChI is InChI=1S/C22H21F3N4O2/c1-27-20(30)18-5-3-2-4-17(18)19(26-27)21(31)29-12-10-28(11-13-29)14-15-6-8-16(9-7-15)22(23,24)25/h2-9H,10-14H2,1H3. The fourth-order valence-electron chi connectivity index (χ4n) is 3.77. The van der Waals surface area contributed by atoms with Gasteiger partial charge >= 0.3 is 6.18 Å². The van der Waals surface area contributed by atoms with Crippen LogP contribution in [-0.2, 0) is 19.8 Å². The lowest BCUT2D eigenvalue weighted by Crippen LogP contribution is -2.48. The van der Waals surface area contributed by atoms with E-state index < -0.39 is 11.7 Å². The number of benzene rings is 2. The minimum atomic E-state index is -4.34. The lowest BCUT2D eigenvalue weighted by Gasteiger charge is -2.34. The fraction of sp³-hybridized carbons (Fsp3) is 0.318. The van der Waals surface area contributed by atoms with E-state index in [0.29, 0.717) is 43.5 Å². The van der Waals surface area contributed by atoms with Gasteiger partial charge in [-0.25, -0.2) is 4.68 Å². The maximum Gasteiger partial charge on any atom is 0.416 e. The second-order valence-corrected chi connectivity index (χ2v) is 7.59. The molecule has 162 valence electrons. The highest BCUT2D eigenvalue weighted by Gasteiger charge is 2.30. The summed E-state index contributed by atoms with van der Waals surface area (Å²) in [6.07, 6.45) is -4.34. The second kappa shape index (κ2) is 8.14. The van der Waals surface area contributed by atoms with Gasteiger partial charge in [0.2, 0.25) is 0 Å². The van der Waals surface area contributed by atoms with Crippen LogP contribution in [0.2, 0.25) is 0 Å². The predicted octanol–water partition coefficient (Wildman–Crippen LogP) is 2.91. The molecule has 4 rings (SSSR count). The molecule has 9 heteroatoms. The number of carbonyl (C=O) groups is 1. The number of carbonyl (C=O) groups excluding carboxylic acids is 1. The Labute approximate surface area is 176 Å². The average Bonchev–Trinajstić information content (AvgIpc) is 2.76. The molecule has 0 saturated carbocycles. The molecular formula is C22H21F3N4O2. The van der Waals surface area contributed by atoms with Crippen molar-refractivity contribution < 1.29 is 18.0 Å². The van der Waals surface area contributed by atoms with Crippen LogP contribution in [0.4, 0.5) is 13.2 Å². The average molecular weight is 430 g/mol. The highest BCUT2D eigenvalue weighted by Crippen LogP contribution is 2.29. The van der Waals surface area contributed by atoms with Gasteiger partial charge < -0.3 is 4.90 Å². The number of rotatable bonds is 3. The lowest BCUT2D eigenvalue weighted by atomic mass is 10.1. The molecular weight excluding hydrogens is 409 g/mol. The number of nitrogens with zero attached hydrogens (tertiary/aromatic N) is 4. The lowest BCUT2D eigenvalue weighted by molar-refractivity contribution is -0.137. The molecule has 0 N–H and O–H groups in total. The number of aryl methyl sites for hydroxylation is 1. The third-order valence-electron chi connectivity index (χ3n) is 5.51. The minimum absolute atomic E-state index is 0.235. The molecule has 1 amide bonds. The van der Waals surface area contributed by atoms with E-state index in [4.69, 9.17) is 0 Å². The van der Waals surface area contributed by atoms with Gasteiger partial charge in [-0.15, -0.1) is 0 Å². The summed E-state index contributed by atoms with van der Waals surface area (Å²) in [5.74, 6) is -0.235. The van der Waals surface area contributed by atoms with E-state index in [9.17, 15) is 22.8 Å². The van der Waals surface area contributed by atoms with E-state index >= 15 is 0 Å². The second-order valence-electron chi connectivity index (χ2n) is 7.59. The van der Waals surface area contributed by atoms with Crippen LogP contribution in [0.5, 0.6) is 0 Å². The highest BCUT2D eigenvalue weighted by atomic mass is 19.4. The van der Waals surface area contributed by atoms with E-state index in [1.165, 1.54) is 23.9 Å². The Balaban J connectivity index is 1.44. The first-order valence-corrected chi connectivity index (χ1v) is 9.88. The first kappa shape index (κ1) is 21.0. The maximum absolute atomic E-state index is 13.1.